The van der Waals surface area contributed by atoms with Crippen molar-refractivity contribution >= 4 is 5.91 Å². The molecule has 9 heteroatoms. The van der Waals surface area contributed by atoms with E-state index >= 15 is 0 Å². The lowest BCUT2D eigenvalue weighted by molar-refractivity contribution is -0.121. The zero-order chi connectivity index (χ0) is 23.3. The van der Waals surface area contributed by atoms with Crippen LogP contribution in [0.1, 0.15) is 50.4 Å². The Kier molecular flexibility index (Phi) is 7.95. The highest BCUT2D eigenvalue weighted by molar-refractivity contribution is 5.75. The number of fused-ring (bicyclic) bond motifs is 1. The predicted molar refractivity (Wildman–Crippen MR) is 121 cm³/mol. The molecule has 0 spiro atoms. The average Bonchev–Trinajstić information content (AvgIpc) is 3.09. The number of carbonyl (C=O) groups excluding carboxylic acids is 1. The molecule has 32 heavy (non-hydrogen) atoms. The number of hydrogen-bond donors (Lipinski definition) is 1. The molecular weight excluding hydrogens is 410 g/mol. The molecule has 1 aromatic carbocycles. The zero-order valence-corrected chi connectivity index (χ0v) is 20.0. The van der Waals surface area contributed by atoms with Crippen LogP contribution in [0.4, 0.5) is 0 Å². The molecule has 0 bridgehead atoms. The first kappa shape index (κ1) is 23.8. The monoisotopic (exact) mass is 445 g/mol. The number of aromatic nitrogens is 3. The highest BCUT2D eigenvalue weighted by Gasteiger charge is 2.27. The van der Waals surface area contributed by atoms with E-state index in [1.165, 1.54) is 0 Å². The van der Waals surface area contributed by atoms with Gasteiger partial charge in [-0.2, -0.15) is 0 Å². The molecule has 1 aliphatic heterocycles. The van der Waals surface area contributed by atoms with E-state index in [-0.39, 0.29) is 17.9 Å². The minimum absolute atomic E-state index is 0.0266. The van der Waals surface area contributed by atoms with Crippen molar-refractivity contribution in [2.45, 2.75) is 52.7 Å². The molecule has 1 aromatic heterocycles. The first-order valence-corrected chi connectivity index (χ1v) is 11.1. The van der Waals surface area contributed by atoms with E-state index in [4.69, 9.17) is 14.2 Å². The van der Waals surface area contributed by atoms with E-state index in [0.717, 1.165) is 49.8 Å². The van der Waals surface area contributed by atoms with Crippen LogP contribution in [0.15, 0.2) is 12.1 Å². The van der Waals surface area contributed by atoms with Gasteiger partial charge in [-0.25, -0.2) is 0 Å². The number of benzene rings is 1. The van der Waals surface area contributed by atoms with Crippen molar-refractivity contribution in [3.8, 4) is 17.2 Å². The number of nitrogens with zero attached hydrogens (tertiary/aromatic N) is 4. The van der Waals surface area contributed by atoms with Crippen molar-refractivity contribution in [1.82, 2.24) is 25.0 Å². The maximum Gasteiger partial charge on any atom is 0.220 e. The van der Waals surface area contributed by atoms with E-state index in [1.807, 2.05) is 19.1 Å². The van der Waals surface area contributed by atoms with Crippen LogP contribution in [-0.4, -0.2) is 60.0 Å². The summed E-state index contributed by atoms with van der Waals surface area (Å²) in [6, 6.07) is 3.84. The van der Waals surface area contributed by atoms with Crippen LogP contribution in [0, 0.1) is 5.92 Å². The predicted octanol–water partition coefficient (Wildman–Crippen LogP) is 2.59. The van der Waals surface area contributed by atoms with Gasteiger partial charge in [-0.1, -0.05) is 20.8 Å². The van der Waals surface area contributed by atoms with Gasteiger partial charge < -0.3 is 24.1 Å². The Labute approximate surface area is 190 Å². The standard InChI is InChI=1S/C23H35N5O4/c1-7-20(29)24-21(15(2)3)23-26-25-19-8-9-27(10-11-28(19)23)14-16-12-17(30-4)22(32-6)18(13-16)31-5/h12-13,15,21H,7-11,14H2,1-6H3,(H,24,29). The summed E-state index contributed by atoms with van der Waals surface area (Å²) in [6.45, 7) is 9.28. The van der Waals surface area contributed by atoms with Gasteiger partial charge in [-0.05, 0) is 23.6 Å². The van der Waals surface area contributed by atoms with Crippen molar-refractivity contribution in [3.05, 3.63) is 29.3 Å². The fraction of sp³-hybridized carbons (Fsp3) is 0.609. The topological polar surface area (TPSA) is 90.7 Å². The largest absolute Gasteiger partial charge is 0.493 e. The number of rotatable bonds is 9. The second kappa shape index (κ2) is 10.7. The lowest BCUT2D eigenvalue weighted by atomic mass is 10.0. The molecule has 0 fully saturated rings. The van der Waals surface area contributed by atoms with Gasteiger partial charge in [-0.3, -0.25) is 9.69 Å². The summed E-state index contributed by atoms with van der Waals surface area (Å²) in [4.78, 5) is 14.4. The fourth-order valence-electron chi connectivity index (χ4n) is 4.07. The van der Waals surface area contributed by atoms with Crippen molar-refractivity contribution in [2.24, 2.45) is 5.92 Å². The average molecular weight is 446 g/mol. The minimum atomic E-state index is -0.148. The summed E-state index contributed by atoms with van der Waals surface area (Å²) in [5, 5.41) is 12.0. The first-order valence-electron chi connectivity index (χ1n) is 11.1. The summed E-state index contributed by atoms with van der Waals surface area (Å²) in [6.07, 6.45) is 1.25. The summed E-state index contributed by atoms with van der Waals surface area (Å²) < 4.78 is 18.6. The molecule has 1 amide bonds. The second-order valence-corrected chi connectivity index (χ2v) is 8.33. The van der Waals surface area contributed by atoms with E-state index < -0.39 is 0 Å². The molecular formula is C23H35N5O4. The van der Waals surface area contributed by atoms with Crippen LogP contribution in [0.2, 0.25) is 0 Å². The fourth-order valence-corrected chi connectivity index (χ4v) is 4.07. The van der Waals surface area contributed by atoms with Gasteiger partial charge in [-0.15, -0.1) is 10.2 Å². The van der Waals surface area contributed by atoms with Crippen molar-refractivity contribution in [1.29, 1.82) is 0 Å². The molecule has 9 nitrogen and oxygen atoms in total. The van der Waals surface area contributed by atoms with Gasteiger partial charge in [0.1, 0.15) is 5.82 Å². The minimum Gasteiger partial charge on any atom is -0.493 e. The third kappa shape index (κ3) is 5.15. The van der Waals surface area contributed by atoms with E-state index in [9.17, 15) is 4.79 Å². The molecule has 0 aliphatic carbocycles. The molecule has 0 saturated carbocycles. The summed E-state index contributed by atoms with van der Waals surface area (Å²) in [5.74, 6) is 3.95. The van der Waals surface area contributed by atoms with E-state index in [1.54, 1.807) is 21.3 Å². The molecule has 0 radical (unpaired) electrons. The van der Waals surface area contributed by atoms with Crippen LogP contribution in [0.3, 0.4) is 0 Å². The molecule has 1 N–H and O–H groups in total. The number of methoxy groups -OCH3 is 3. The van der Waals surface area contributed by atoms with Gasteiger partial charge in [0.2, 0.25) is 11.7 Å². The highest BCUT2D eigenvalue weighted by Crippen LogP contribution is 2.38. The Balaban J connectivity index is 1.77. The van der Waals surface area contributed by atoms with Gasteiger partial charge in [0.25, 0.3) is 0 Å². The summed E-state index contributed by atoms with van der Waals surface area (Å²) in [7, 11) is 4.86. The smallest absolute Gasteiger partial charge is 0.220 e. The normalized spacial score (nSPS) is 15.1. The van der Waals surface area contributed by atoms with Crippen molar-refractivity contribution in [2.75, 3.05) is 34.4 Å². The van der Waals surface area contributed by atoms with Crippen molar-refractivity contribution in [3.63, 3.8) is 0 Å². The van der Waals surface area contributed by atoms with Crippen LogP contribution in [0.5, 0.6) is 17.2 Å². The van der Waals surface area contributed by atoms with Gasteiger partial charge >= 0.3 is 0 Å². The van der Waals surface area contributed by atoms with Crippen molar-refractivity contribution < 1.29 is 19.0 Å². The first-order chi connectivity index (χ1) is 15.4. The Bertz CT molecular complexity index is 902. The molecule has 3 rings (SSSR count). The Morgan fingerprint density at radius 3 is 2.31 bits per heavy atom. The summed E-state index contributed by atoms with van der Waals surface area (Å²) >= 11 is 0. The molecule has 1 atom stereocenters. The zero-order valence-electron chi connectivity index (χ0n) is 20.0. The lowest BCUT2D eigenvalue weighted by Crippen LogP contribution is -2.34. The molecule has 2 heterocycles. The maximum atomic E-state index is 12.1. The molecule has 1 aliphatic rings. The quantitative estimate of drug-likeness (QED) is 0.634. The third-order valence-corrected chi connectivity index (χ3v) is 5.86. The molecule has 2 aromatic rings. The SMILES string of the molecule is CCC(=O)NC(c1nnc2n1CCN(Cc1cc(OC)c(OC)c(OC)c1)CC2)C(C)C. The van der Waals surface area contributed by atoms with Crippen LogP contribution >= 0.6 is 0 Å². The van der Waals surface area contributed by atoms with Crippen LogP contribution < -0.4 is 19.5 Å². The van der Waals surface area contributed by atoms with E-state index in [2.05, 4.69) is 38.8 Å². The highest BCUT2D eigenvalue weighted by atomic mass is 16.5. The lowest BCUT2D eigenvalue weighted by Gasteiger charge is -2.23. The summed E-state index contributed by atoms with van der Waals surface area (Å²) in [5.41, 5.74) is 1.09. The Morgan fingerprint density at radius 2 is 1.75 bits per heavy atom. The number of amides is 1. The maximum absolute atomic E-state index is 12.1. The van der Waals surface area contributed by atoms with Crippen LogP contribution in [0.25, 0.3) is 0 Å². The number of nitrogens with one attached hydrogen (secondary N) is 1. The number of ether oxygens (including phenoxy) is 3. The molecule has 0 saturated heterocycles. The second-order valence-electron chi connectivity index (χ2n) is 8.33. The van der Waals surface area contributed by atoms with Gasteiger partial charge in [0.05, 0.1) is 27.4 Å². The Morgan fingerprint density at radius 1 is 1.06 bits per heavy atom. The van der Waals surface area contributed by atoms with Gasteiger partial charge in [0, 0.05) is 39.0 Å². The number of carbonyl (C=O) groups is 1. The number of hydrogen-bond acceptors (Lipinski definition) is 7. The Hall–Kier alpha value is -2.81. The van der Waals surface area contributed by atoms with Crippen LogP contribution in [-0.2, 0) is 24.3 Å². The molecule has 1 unspecified atom stereocenters. The molecule has 176 valence electrons. The third-order valence-electron chi connectivity index (χ3n) is 5.86. The van der Waals surface area contributed by atoms with E-state index in [0.29, 0.717) is 23.7 Å². The van der Waals surface area contributed by atoms with Gasteiger partial charge in [0.15, 0.2) is 17.3 Å².